The molecule has 0 aromatic carbocycles. The minimum atomic E-state index is -3.49. The summed E-state index contributed by atoms with van der Waals surface area (Å²) in [6, 6.07) is 3.39. The van der Waals surface area contributed by atoms with Crippen molar-refractivity contribution in [2.45, 2.75) is 30.0 Å². The molecule has 4 heterocycles. The smallest absolute Gasteiger partial charge is 0.252 e. The van der Waals surface area contributed by atoms with E-state index >= 15 is 0 Å². The molecule has 152 valence electrons. The highest BCUT2D eigenvalue weighted by Crippen LogP contribution is 2.29. The van der Waals surface area contributed by atoms with Crippen molar-refractivity contribution in [1.29, 1.82) is 0 Å². The third-order valence-electron chi connectivity index (χ3n) is 5.32. The van der Waals surface area contributed by atoms with Gasteiger partial charge in [-0.3, -0.25) is 9.48 Å². The molecule has 2 aromatic heterocycles. The number of amides is 1. The standard InChI is InChI=1S/C18H24N4O4S2/c1-20-16-6-7-22(28(24,25)18-3-2-12-27-18)13-14(16)15(19-20)4-5-17(23)21-8-10-26-11-9-21/h2-3,12H,4-11,13H2,1H3. The summed E-state index contributed by atoms with van der Waals surface area (Å²) >= 11 is 1.23. The number of carbonyl (C=O) groups is 1. The fraction of sp³-hybridized carbons (Fsp3) is 0.556. The van der Waals surface area contributed by atoms with Gasteiger partial charge in [0.05, 0.1) is 18.9 Å². The molecule has 4 rings (SSSR count). The quantitative estimate of drug-likeness (QED) is 0.716. The molecule has 0 unspecified atom stereocenters. The molecule has 28 heavy (non-hydrogen) atoms. The number of carbonyl (C=O) groups excluding carboxylic acids is 1. The molecule has 0 spiro atoms. The molecule has 10 heteroatoms. The first-order valence-electron chi connectivity index (χ1n) is 9.39. The Hall–Kier alpha value is -1.75. The second-order valence-electron chi connectivity index (χ2n) is 7.01. The highest BCUT2D eigenvalue weighted by atomic mass is 32.2. The molecular formula is C18H24N4O4S2. The molecule has 0 aliphatic carbocycles. The van der Waals surface area contributed by atoms with E-state index in [1.807, 2.05) is 16.6 Å². The summed E-state index contributed by atoms with van der Waals surface area (Å²) in [6.07, 6.45) is 1.52. The average molecular weight is 425 g/mol. The number of rotatable bonds is 5. The number of aryl methyl sites for hydroxylation is 2. The number of nitrogens with zero attached hydrogens (tertiary/aromatic N) is 4. The van der Waals surface area contributed by atoms with Crippen molar-refractivity contribution in [3.05, 3.63) is 34.5 Å². The number of sulfonamides is 1. The molecule has 2 aliphatic heterocycles. The van der Waals surface area contributed by atoms with Crippen molar-refractivity contribution < 1.29 is 17.9 Å². The van der Waals surface area contributed by atoms with Crippen LogP contribution in [0.3, 0.4) is 0 Å². The van der Waals surface area contributed by atoms with Crippen LogP contribution in [0.15, 0.2) is 21.7 Å². The van der Waals surface area contributed by atoms with Gasteiger partial charge in [0.1, 0.15) is 4.21 Å². The molecule has 0 bridgehead atoms. The Labute approximate surface area is 168 Å². The van der Waals surface area contributed by atoms with E-state index in [4.69, 9.17) is 4.74 Å². The lowest BCUT2D eigenvalue weighted by Crippen LogP contribution is -2.40. The van der Waals surface area contributed by atoms with Crippen LogP contribution in [0, 0.1) is 0 Å². The van der Waals surface area contributed by atoms with E-state index < -0.39 is 10.0 Å². The maximum atomic E-state index is 12.9. The Morgan fingerprint density at radius 3 is 2.79 bits per heavy atom. The zero-order valence-corrected chi connectivity index (χ0v) is 17.5. The van der Waals surface area contributed by atoms with Gasteiger partial charge in [-0.2, -0.15) is 9.40 Å². The van der Waals surface area contributed by atoms with E-state index in [1.165, 1.54) is 15.6 Å². The molecule has 2 aliphatic rings. The number of thiophene rings is 1. The van der Waals surface area contributed by atoms with E-state index in [-0.39, 0.29) is 5.91 Å². The summed E-state index contributed by atoms with van der Waals surface area (Å²) in [4.78, 5) is 14.3. The van der Waals surface area contributed by atoms with E-state index in [2.05, 4.69) is 5.10 Å². The zero-order valence-electron chi connectivity index (χ0n) is 15.8. The summed E-state index contributed by atoms with van der Waals surface area (Å²) in [6.45, 7) is 3.18. The largest absolute Gasteiger partial charge is 0.378 e. The molecule has 0 radical (unpaired) electrons. The van der Waals surface area contributed by atoms with Gasteiger partial charge in [0.25, 0.3) is 10.0 Å². The maximum absolute atomic E-state index is 12.9. The van der Waals surface area contributed by atoms with Crippen LogP contribution in [-0.4, -0.2) is 66.2 Å². The third kappa shape index (κ3) is 3.73. The van der Waals surface area contributed by atoms with E-state index in [0.29, 0.717) is 62.9 Å². The lowest BCUT2D eigenvalue weighted by molar-refractivity contribution is -0.135. The minimum absolute atomic E-state index is 0.0987. The van der Waals surface area contributed by atoms with Crippen LogP contribution in [0.1, 0.15) is 23.4 Å². The van der Waals surface area contributed by atoms with Crippen LogP contribution in [0.5, 0.6) is 0 Å². The van der Waals surface area contributed by atoms with Crippen molar-refractivity contribution >= 4 is 27.3 Å². The molecule has 1 saturated heterocycles. The lowest BCUT2D eigenvalue weighted by Gasteiger charge is -2.27. The highest BCUT2D eigenvalue weighted by molar-refractivity contribution is 7.91. The second kappa shape index (κ2) is 7.94. The predicted octanol–water partition coefficient (Wildman–Crippen LogP) is 1.02. The van der Waals surface area contributed by atoms with Crippen molar-refractivity contribution in [2.24, 2.45) is 7.05 Å². The first-order chi connectivity index (χ1) is 13.5. The Kier molecular flexibility index (Phi) is 5.55. The Morgan fingerprint density at radius 2 is 2.07 bits per heavy atom. The van der Waals surface area contributed by atoms with Crippen molar-refractivity contribution in [3.8, 4) is 0 Å². The van der Waals surface area contributed by atoms with Crippen molar-refractivity contribution in [1.82, 2.24) is 19.0 Å². The van der Waals surface area contributed by atoms with E-state index in [1.54, 1.807) is 17.5 Å². The van der Waals surface area contributed by atoms with Gasteiger partial charge in [0, 0.05) is 63.7 Å². The fourth-order valence-electron chi connectivity index (χ4n) is 3.78. The summed E-state index contributed by atoms with van der Waals surface area (Å²) in [5.74, 6) is 0.0987. The summed E-state index contributed by atoms with van der Waals surface area (Å²) < 4.78 is 34.8. The Balaban J connectivity index is 1.49. The van der Waals surface area contributed by atoms with Gasteiger partial charge in [-0.25, -0.2) is 8.42 Å². The normalized spacial score (nSPS) is 18.2. The monoisotopic (exact) mass is 424 g/mol. The van der Waals surface area contributed by atoms with Crippen molar-refractivity contribution in [2.75, 3.05) is 32.8 Å². The maximum Gasteiger partial charge on any atom is 0.252 e. The summed E-state index contributed by atoms with van der Waals surface area (Å²) in [5.41, 5.74) is 2.83. The molecule has 0 saturated carbocycles. The Morgan fingerprint density at radius 1 is 1.29 bits per heavy atom. The number of ether oxygens (including phenoxy) is 1. The van der Waals surface area contributed by atoms with Gasteiger partial charge in [-0.05, 0) is 11.4 Å². The topological polar surface area (TPSA) is 84.7 Å². The zero-order chi connectivity index (χ0) is 19.7. The van der Waals surface area contributed by atoms with Gasteiger partial charge >= 0.3 is 0 Å². The number of morpholine rings is 1. The van der Waals surface area contributed by atoms with Crippen LogP contribution < -0.4 is 0 Å². The van der Waals surface area contributed by atoms with Gasteiger partial charge in [0.15, 0.2) is 0 Å². The molecule has 2 aromatic rings. The van der Waals surface area contributed by atoms with Gasteiger partial charge in [-0.15, -0.1) is 11.3 Å². The molecule has 0 N–H and O–H groups in total. The molecule has 1 amide bonds. The Bertz CT molecular complexity index is 947. The number of hydrogen-bond acceptors (Lipinski definition) is 6. The molecular weight excluding hydrogens is 400 g/mol. The third-order valence-corrected chi connectivity index (χ3v) is 8.54. The number of hydrogen-bond donors (Lipinski definition) is 0. The van der Waals surface area contributed by atoms with Gasteiger partial charge < -0.3 is 9.64 Å². The first-order valence-corrected chi connectivity index (χ1v) is 11.7. The van der Waals surface area contributed by atoms with Crippen LogP contribution in [0.4, 0.5) is 0 Å². The van der Waals surface area contributed by atoms with Crippen LogP contribution >= 0.6 is 11.3 Å². The molecule has 0 atom stereocenters. The second-order valence-corrected chi connectivity index (χ2v) is 10.1. The van der Waals surface area contributed by atoms with Crippen LogP contribution in [0.2, 0.25) is 0 Å². The molecule has 8 nitrogen and oxygen atoms in total. The summed E-state index contributed by atoms with van der Waals surface area (Å²) in [5, 5.41) is 6.36. The van der Waals surface area contributed by atoms with Gasteiger partial charge in [0.2, 0.25) is 5.91 Å². The number of aromatic nitrogens is 2. The van der Waals surface area contributed by atoms with E-state index in [9.17, 15) is 13.2 Å². The SMILES string of the molecule is Cn1nc(CCC(=O)N2CCOCC2)c2c1CCN(S(=O)(=O)c1cccs1)C2. The molecule has 1 fully saturated rings. The first kappa shape index (κ1) is 19.6. The minimum Gasteiger partial charge on any atom is -0.378 e. The van der Waals surface area contributed by atoms with Gasteiger partial charge in [-0.1, -0.05) is 6.07 Å². The fourth-order valence-corrected chi connectivity index (χ4v) is 6.34. The van der Waals surface area contributed by atoms with Crippen LogP contribution in [-0.2, 0) is 46.0 Å². The van der Waals surface area contributed by atoms with Crippen molar-refractivity contribution in [3.63, 3.8) is 0 Å². The lowest BCUT2D eigenvalue weighted by atomic mass is 10.0. The summed E-state index contributed by atoms with van der Waals surface area (Å²) in [7, 11) is -1.61. The van der Waals surface area contributed by atoms with Crippen LogP contribution in [0.25, 0.3) is 0 Å². The average Bonchev–Trinajstić information content (AvgIpc) is 3.36. The number of fused-ring (bicyclic) bond motifs is 1. The van der Waals surface area contributed by atoms with E-state index in [0.717, 1.165) is 17.0 Å². The predicted molar refractivity (Wildman–Crippen MR) is 105 cm³/mol. The highest BCUT2D eigenvalue weighted by Gasteiger charge is 2.32.